The van der Waals surface area contributed by atoms with Crippen LogP contribution in [0.2, 0.25) is 5.02 Å². The van der Waals surface area contributed by atoms with Gasteiger partial charge in [-0.3, -0.25) is 9.59 Å². The van der Waals surface area contributed by atoms with E-state index in [2.05, 4.69) is 0 Å². The Labute approximate surface area is 151 Å². The van der Waals surface area contributed by atoms with Gasteiger partial charge in [0.05, 0.1) is 0 Å². The van der Waals surface area contributed by atoms with Crippen LogP contribution in [0.15, 0.2) is 54.6 Å². The Balaban J connectivity index is 1.72. The molecule has 3 rings (SSSR count). The van der Waals surface area contributed by atoms with E-state index < -0.39 is 6.10 Å². The van der Waals surface area contributed by atoms with E-state index in [4.69, 9.17) is 16.3 Å². The minimum atomic E-state index is -0.702. The van der Waals surface area contributed by atoms with Gasteiger partial charge in [0.25, 0.3) is 5.91 Å². The third kappa shape index (κ3) is 3.83. The normalized spacial score (nSPS) is 16.0. The molecule has 0 bridgehead atoms. The van der Waals surface area contributed by atoms with Crippen LogP contribution >= 0.6 is 11.6 Å². The van der Waals surface area contributed by atoms with Crippen molar-refractivity contribution in [3.8, 4) is 0 Å². The molecule has 6 heteroatoms. The summed E-state index contributed by atoms with van der Waals surface area (Å²) in [6.07, 6.45) is -0.702. The fourth-order valence-corrected chi connectivity index (χ4v) is 3.14. The molecule has 0 spiro atoms. The van der Waals surface area contributed by atoms with Crippen molar-refractivity contribution in [1.82, 2.24) is 4.90 Å². The molecule has 0 unspecified atom stereocenters. The Morgan fingerprint density at radius 2 is 1.88 bits per heavy atom. The lowest BCUT2D eigenvalue weighted by Crippen LogP contribution is -2.53. The first kappa shape index (κ1) is 17.5. The van der Waals surface area contributed by atoms with Crippen LogP contribution in [-0.2, 0) is 14.3 Å². The highest BCUT2D eigenvalue weighted by atomic mass is 35.5. The standard InChI is InChI=1S/C19H19ClN2O3/c1-25-18(14-6-3-2-4-7-14)19(24)21-10-11-22(17(23)13-21)16-9-5-8-15(20)12-16/h2-9,12,18H,10-11,13H2,1H3/t18-/m0/s1. The molecular formula is C19H19ClN2O3. The molecule has 1 heterocycles. The Morgan fingerprint density at radius 1 is 1.12 bits per heavy atom. The predicted octanol–water partition coefficient (Wildman–Crippen LogP) is 2.90. The molecule has 1 aliphatic rings. The summed E-state index contributed by atoms with van der Waals surface area (Å²) in [7, 11) is 1.50. The third-order valence-corrected chi connectivity index (χ3v) is 4.45. The van der Waals surface area contributed by atoms with Crippen molar-refractivity contribution in [3.63, 3.8) is 0 Å². The number of hydrogen-bond acceptors (Lipinski definition) is 3. The van der Waals surface area contributed by atoms with Gasteiger partial charge in [0, 0.05) is 30.9 Å². The van der Waals surface area contributed by atoms with Gasteiger partial charge < -0.3 is 14.5 Å². The third-order valence-electron chi connectivity index (χ3n) is 4.21. The number of nitrogens with zero attached hydrogens (tertiary/aromatic N) is 2. The molecular weight excluding hydrogens is 340 g/mol. The van der Waals surface area contributed by atoms with Crippen LogP contribution in [0, 0.1) is 0 Å². The highest BCUT2D eigenvalue weighted by Crippen LogP contribution is 2.24. The van der Waals surface area contributed by atoms with Gasteiger partial charge in [-0.1, -0.05) is 48.0 Å². The van der Waals surface area contributed by atoms with Crippen LogP contribution in [-0.4, -0.2) is 43.5 Å². The van der Waals surface area contributed by atoms with Crippen molar-refractivity contribution >= 4 is 29.1 Å². The smallest absolute Gasteiger partial charge is 0.256 e. The van der Waals surface area contributed by atoms with Crippen molar-refractivity contribution in [2.24, 2.45) is 0 Å². The second-order valence-electron chi connectivity index (χ2n) is 5.81. The number of ether oxygens (including phenoxy) is 1. The molecule has 0 N–H and O–H groups in total. The molecule has 2 aromatic rings. The average Bonchev–Trinajstić information content (AvgIpc) is 2.63. The lowest BCUT2D eigenvalue weighted by atomic mass is 10.1. The number of amides is 2. The van der Waals surface area contributed by atoms with Crippen LogP contribution < -0.4 is 4.90 Å². The molecule has 1 aliphatic heterocycles. The zero-order valence-corrected chi connectivity index (χ0v) is 14.6. The van der Waals surface area contributed by atoms with Gasteiger partial charge in [-0.15, -0.1) is 0 Å². The molecule has 0 saturated carbocycles. The van der Waals surface area contributed by atoms with Crippen molar-refractivity contribution < 1.29 is 14.3 Å². The Hall–Kier alpha value is -2.37. The highest BCUT2D eigenvalue weighted by Gasteiger charge is 2.32. The zero-order chi connectivity index (χ0) is 17.8. The molecule has 130 valence electrons. The summed E-state index contributed by atoms with van der Waals surface area (Å²) in [5.74, 6) is -0.336. The second kappa shape index (κ2) is 7.68. The summed E-state index contributed by atoms with van der Waals surface area (Å²) in [6.45, 7) is 0.901. The van der Waals surface area contributed by atoms with Gasteiger partial charge in [-0.05, 0) is 23.8 Å². The average molecular weight is 359 g/mol. The number of carbonyl (C=O) groups excluding carboxylic acids is 2. The molecule has 1 saturated heterocycles. The first-order valence-electron chi connectivity index (χ1n) is 8.02. The second-order valence-corrected chi connectivity index (χ2v) is 6.25. The van der Waals surface area contributed by atoms with Crippen LogP contribution in [0.5, 0.6) is 0 Å². The lowest BCUT2D eigenvalue weighted by Gasteiger charge is -2.35. The summed E-state index contributed by atoms with van der Waals surface area (Å²) in [6, 6.07) is 16.4. The van der Waals surface area contributed by atoms with Gasteiger partial charge >= 0.3 is 0 Å². The number of anilines is 1. The topological polar surface area (TPSA) is 49.9 Å². The van der Waals surface area contributed by atoms with Gasteiger partial charge in [0.1, 0.15) is 6.54 Å². The van der Waals surface area contributed by atoms with Crippen molar-refractivity contribution in [3.05, 3.63) is 65.2 Å². The van der Waals surface area contributed by atoms with Crippen LogP contribution in [0.1, 0.15) is 11.7 Å². The zero-order valence-electron chi connectivity index (χ0n) is 13.9. The molecule has 2 amide bonds. The minimum Gasteiger partial charge on any atom is -0.367 e. The van der Waals surface area contributed by atoms with E-state index in [0.29, 0.717) is 18.1 Å². The van der Waals surface area contributed by atoms with Crippen molar-refractivity contribution in [1.29, 1.82) is 0 Å². The Kier molecular flexibility index (Phi) is 5.36. The summed E-state index contributed by atoms with van der Waals surface area (Å²) in [4.78, 5) is 28.5. The van der Waals surface area contributed by atoms with Crippen molar-refractivity contribution in [2.75, 3.05) is 31.6 Å². The number of halogens is 1. The molecule has 1 fully saturated rings. The number of carbonyl (C=O) groups is 2. The van der Waals surface area contributed by atoms with Gasteiger partial charge in [0.15, 0.2) is 6.10 Å². The fraction of sp³-hybridized carbons (Fsp3) is 0.263. The molecule has 0 radical (unpaired) electrons. The maximum Gasteiger partial charge on any atom is 0.256 e. The first-order valence-corrected chi connectivity index (χ1v) is 8.40. The van der Waals surface area contributed by atoms with E-state index in [9.17, 15) is 9.59 Å². The van der Waals surface area contributed by atoms with E-state index >= 15 is 0 Å². The van der Waals surface area contributed by atoms with Crippen LogP contribution in [0.4, 0.5) is 5.69 Å². The van der Waals surface area contributed by atoms with Crippen LogP contribution in [0.3, 0.4) is 0 Å². The van der Waals surface area contributed by atoms with Crippen LogP contribution in [0.25, 0.3) is 0 Å². The monoisotopic (exact) mass is 358 g/mol. The summed E-state index contributed by atoms with van der Waals surface area (Å²) in [5, 5.41) is 0.576. The van der Waals surface area contributed by atoms with E-state index in [0.717, 1.165) is 11.3 Å². The Morgan fingerprint density at radius 3 is 2.52 bits per heavy atom. The molecule has 0 aliphatic carbocycles. The van der Waals surface area contributed by atoms with Gasteiger partial charge in [-0.25, -0.2) is 0 Å². The van der Waals surface area contributed by atoms with E-state index in [1.54, 1.807) is 28.0 Å². The summed E-state index contributed by atoms with van der Waals surface area (Å²) < 4.78 is 5.38. The number of methoxy groups -OCH3 is 1. The number of piperazine rings is 1. The SMILES string of the molecule is CO[C@H](C(=O)N1CCN(c2cccc(Cl)c2)C(=O)C1)c1ccccc1. The largest absolute Gasteiger partial charge is 0.367 e. The number of benzene rings is 2. The fourth-order valence-electron chi connectivity index (χ4n) is 2.95. The predicted molar refractivity (Wildman–Crippen MR) is 96.6 cm³/mol. The highest BCUT2D eigenvalue weighted by molar-refractivity contribution is 6.30. The van der Waals surface area contributed by atoms with E-state index in [1.807, 2.05) is 36.4 Å². The van der Waals surface area contributed by atoms with Gasteiger partial charge in [0.2, 0.25) is 5.91 Å². The maximum absolute atomic E-state index is 12.8. The first-order chi connectivity index (χ1) is 12.1. The maximum atomic E-state index is 12.8. The molecule has 25 heavy (non-hydrogen) atoms. The summed E-state index contributed by atoms with van der Waals surface area (Å²) in [5.41, 5.74) is 1.52. The quantitative estimate of drug-likeness (QED) is 0.844. The van der Waals surface area contributed by atoms with Crippen molar-refractivity contribution in [2.45, 2.75) is 6.10 Å². The van der Waals surface area contributed by atoms with E-state index in [1.165, 1.54) is 7.11 Å². The molecule has 5 nitrogen and oxygen atoms in total. The molecule has 0 aromatic heterocycles. The summed E-state index contributed by atoms with van der Waals surface area (Å²) >= 11 is 6.00. The Bertz CT molecular complexity index is 766. The lowest BCUT2D eigenvalue weighted by molar-refractivity contribution is -0.146. The number of rotatable bonds is 4. The minimum absolute atomic E-state index is 0.0258. The molecule has 2 aromatic carbocycles. The molecule has 1 atom stereocenters. The van der Waals surface area contributed by atoms with Gasteiger partial charge in [-0.2, -0.15) is 0 Å². The van der Waals surface area contributed by atoms with E-state index in [-0.39, 0.29) is 18.4 Å². The number of hydrogen-bond donors (Lipinski definition) is 0.